The van der Waals surface area contributed by atoms with E-state index in [4.69, 9.17) is 0 Å². The number of rotatable bonds is 6. The quantitative estimate of drug-likeness (QED) is 0.758. The van der Waals surface area contributed by atoms with E-state index in [-0.39, 0.29) is 5.91 Å². The molecule has 0 saturated carbocycles. The van der Waals surface area contributed by atoms with Crippen LogP contribution in [-0.4, -0.2) is 38.0 Å². The zero-order valence-electron chi connectivity index (χ0n) is 11.0. The molecule has 1 amide bonds. The predicted octanol–water partition coefficient (Wildman–Crippen LogP) is 1.61. The maximum absolute atomic E-state index is 11.6. The molecule has 0 radical (unpaired) electrons. The van der Waals surface area contributed by atoms with E-state index in [1.165, 1.54) is 5.56 Å². The molecule has 0 bridgehead atoms. The number of nitrogens with zero attached hydrogens (tertiary/aromatic N) is 1. The molecule has 0 aromatic heterocycles. The van der Waals surface area contributed by atoms with Crippen molar-refractivity contribution in [3.05, 3.63) is 35.4 Å². The molecule has 0 aliphatic carbocycles. The van der Waals surface area contributed by atoms with E-state index in [9.17, 15) is 4.79 Å². The van der Waals surface area contributed by atoms with Crippen molar-refractivity contribution in [3.8, 4) is 0 Å². The predicted molar refractivity (Wildman–Crippen MR) is 71.1 cm³/mol. The number of carbonyl (C=O) groups is 1. The molecule has 0 saturated heterocycles. The van der Waals surface area contributed by atoms with Gasteiger partial charge < -0.3 is 10.2 Å². The summed E-state index contributed by atoms with van der Waals surface area (Å²) in [6, 6.07) is 8.08. The normalized spacial score (nSPS) is 10.6. The standard InChI is InChI=1S/C14H22N2O/c1-12-6-4-7-13(10-12)11-14(17)15-8-5-9-16(2)3/h4,6-7,10H,5,8-9,11H2,1-3H3,(H,15,17). The fourth-order valence-corrected chi connectivity index (χ4v) is 1.69. The number of hydrogen-bond acceptors (Lipinski definition) is 2. The Morgan fingerprint density at radius 2 is 2.12 bits per heavy atom. The molecule has 3 heteroatoms. The van der Waals surface area contributed by atoms with Crippen molar-refractivity contribution in [2.24, 2.45) is 0 Å². The first-order valence-corrected chi connectivity index (χ1v) is 6.05. The summed E-state index contributed by atoms with van der Waals surface area (Å²) in [7, 11) is 4.07. The largest absolute Gasteiger partial charge is 0.356 e. The van der Waals surface area contributed by atoms with Gasteiger partial charge in [0.25, 0.3) is 0 Å². The molecule has 3 nitrogen and oxygen atoms in total. The third kappa shape index (κ3) is 6.07. The van der Waals surface area contributed by atoms with Gasteiger partial charge in [0.05, 0.1) is 6.42 Å². The molecular formula is C14H22N2O. The molecule has 94 valence electrons. The zero-order chi connectivity index (χ0) is 12.7. The van der Waals surface area contributed by atoms with Gasteiger partial charge in [0.2, 0.25) is 5.91 Å². The third-order valence-corrected chi connectivity index (χ3v) is 2.55. The summed E-state index contributed by atoms with van der Waals surface area (Å²) in [6.07, 6.45) is 1.47. The SMILES string of the molecule is Cc1cccc(CC(=O)NCCCN(C)C)c1. The van der Waals surface area contributed by atoms with Crippen molar-refractivity contribution < 1.29 is 4.79 Å². The van der Waals surface area contributed by atoms with Crippen LogP contribution in [0.3, 0.4) is 0 Å². The summed E-state index contributed by atoms with van der Waals surface area (Å²) in [5, 5.41) is 2.94. The molecule has 1 N–H and O–H groups in total. The van der Waals surface area contributed by atoms with Crippen LogP contribution < -0.4 is 5.32 Å². The van der Waals surface area contributed by atoms with Crippen LogP contribution >= 0.6 is 0 Å². The van der Waals surface area contributed by atoms with E-state index >= 15 is 0 Å². The second-order valence-corrected chi connectivity index (χ2v) is 4.67. The van der Waals surface area contributed by atoms with Gasteiger partial charge in [0.15, 0.2) is 0 Å². The molecular weight excluding hydrogens is 212 g/mol. The maximum atomic E-state index is 11.6. The van der Waals surface area contributed by atoms with Crippen molar-refractivity contribution in [1.82, 2.24) is 10.2 Å². The molecule has 0 unspecified atom stereocenters. The van der Waals surface area contributed by atoms with Gasteiger partial charge in [0, 0.05) is 6.54 Å². The Morgan fingerprint density at radius 3 is 2.76 bits per heavy atom. The molecule has 0 spiro atoms. The number of carbonyl (C=O) groups excluding carboxylic acids is 1. The first-order chi connectivity index (χ1) is 8.08. The van der Waals surface area contributed by atoms with Crippen molar-refractivity contribution in [3.63, 3.8) is 0 Å². The summed E-state index contributed by atoms with van der Waals surface area (Å²) < 4.78 is 0. The Bertz CT molecular complexity index is 361. The van der Waals surface area contributed by atoms with Gasteiger partial charge in [-0.2, -0.15) is 0 Å². The number of aryl methyl sites for hydroxylation is 1. The lowest BCUT2D eigenvalue weighted by molar-refractivity contribution is -0.120. The number of benzene rings is 1. The Hall–Kier alpha value is -1.35. The molecule has 0 fully saturated rings. The Kier molecular flexibility index (Phi) is 5.70. The van der Waals surface area contributed by atoms with E-state index in [0.29, 0.717) is 6.42 Å². The zero-order valence-corrected chi connectivity index (χ0v) is 11.0. The average molecular weight is 234 g/mol. The molecule has 0 heterocycles. The van der Waals surface area contributed by atoms with Crippen molar-refractivity contribution in [2.75, 3.05) is 27.2 Å². The van der Waals surface area contributed by atoms with Gasteiger partial charge in [-0.3, -0.25) is 4.79 Å². The first-order valence-electron chi connectivity index (χ1n) is 6.05. The highest BCUT2D eigenvalue weighted by Gasteiger charge is 2.02. The maximum Gasteiger partial charge on any atom is 0.224 e. The van der Waals surface area contributed by atoms with Crippen LogP contribution in [0.1, 0.15) is 17.5 Å². The number of hydrogen-bond donors (Lipinski definition) is 1. The summed E-state index contributed by atoms with van der Waals surface area (Å²) >= 11 is 0. The minimum Gasteiger partial charge on any atom is -0.356 e. The van der Waals surface area contributed by atoms with Crippen LogP contribution in [-0.2, 0) is 11.2 Å². The van der Waals surface area contributed by atoms with Crippen LogP contribution in [0, 0.1) is 6.92 Å². The van der Waals surface area contributed by atoms with Crippen LogP contribution in [0.5, 0.6) is 0 Å². The Morgan fingerprint density at radius 1 is 1.35 bits per heavy atom. The summed E-state index contributed by atoms with van der Waals surface area (Å²) in [4.78, 5) is 13.8. The van der Waals surface area contributed by atoms with Crippen molar-refractivity contribution in [2.45, 2.75) is 19.8 Å². The number of amides is 1. The fourth-order valence-electron chi connectivity index (χ4n) is 1.69. The van der Waals surface area contributed by atoms with Gasteiger partial charge in [-0.1, -0.05) is 29.8 Å². The first kappa shape index (κ1) is 13.7. The third-order valence-electron chi connectivity index (χ3n) is 2.55. The van der Waals surface area contributed by atoms with Gasteiger partial charge in [-0.15, -0.1) is 0 Å². The van der Waals surface area contributed by atoms with E-state index in [1.54, 1.807) is 0 Å². The molecule has 0 atom stereocenters. The minimum absolute atomic E-state index is 0.106. The molecule has 1 rings (SSSR count). The minimum atomic E-state index is 0.106. The highest BCUT2D eigenvalue weighted by Crippen LogP contribution is 2.04. The molecule has 1 aromatic rings. The van der Waals surface area contributed by atoms with Crippen LogP contribution in [0.4, 0.5) is 0 Å². The molecule has 17 heavy (non-hydrogen) atoms. The summed E-state index contributed by atoms with van der Waals surface area (Å²) in [5.41, 5.74) is 2.28. The second kappa shape index (κ2) is 7.07. The van der Waals surface area contributed by atoms with Crippen LogP contribution in [0.15, 0.2) is 24.3 Å². The van der Waals surface area contributed by atoms with E-state index in [1.807, 2.05) is 39.2 Å². The van der Waals surface area contributed by atoms with Crippen LogP contribution in [0.2, 0.25) is 0 Å². The highest BCUT2D eigenvalue weighted by molar-refractivity contribution is 5.78. The Labute approximate surface area is 104 Å². The average Bonchev–Trinajstić information content (AvgIpc) is 2.24. The topological polar surface area (TPSA) is 32.3 Å². The van der Waals surface area contributed by atoms with Crippen LogP contribution in [0.25, 0.3) is 0 Å². The summed E-state index contributed by atoms with van der Waals surface area (Å²) in [5.74, 6) is 0.106. The van der Waals surface area contributed by atoms with Gasteiger partial charge >= 0.3 is 0 Å². The van der Waals surface area contributed by atoms with E-state index < -0.39 is 0 Å². The number of nitrogens with one attached hydrogen (secondary N) is 1. The monoisotopic (exact) mass is 234 g/mol. The lowest BCUT2D eigenvalue weighted by Gasteiger charge is -2.10. The lowest BCUT2D eigenvalue weighted by Crippen LogP contribution is -2.28. The second-order valence-electron chi connectivity index (χ2n) is 4.67. The summed E-state index contributed by atoms with van der Waals surface area (Å²) in [6.45, 7) is 3.80. The van der Waals surface area contributed by atoms with Gasteiger partial charge in [0.1, 0.15) is 0 Å². The highest BCUT2D eigenvalue weighted by atomic mass is 16.1. The van der Waals surface area contributed by atoms with Gasteiger partial charge in [-0.05, 0) is 39.5 Å². The van der Waals surface area contributed by atoms with Crippen molar-refractivity contribution >= 4 is 5.91 Å². The molecule has 0 aliphatic heterocycles. The molecule has 1 aromatic carbocycles. The lowest BCUT2D eigenvalue weighted by atomic mass is 10.1. The van der Waals surface area contributed by atoms with Crippen molar-refractivity contribution in [1.29, 1.82) is 0 Å². The Balaban J connectivity index is 2.25. The smallest absolute Gasteiger partial charge is 0.224 e. The molecule has 0 aliphatic rings. The van der Waals surface area contributed by atoms with Gasteiger partial charge in [-0.25, -0.2) is 0 Å². The van der Waals surface area contributed by atoms with E-state index in [2.05, 4.69) is 16.3 Å². The van der Waals surface area contributed by atoms with E-state index in [0.717, 1.165) is 25.1 Å². The fraction of sp³-hybridized carbons (Fsp3) is 0.500.